The van der Waals surface area contributed by atoms with Gasteiger partial charge in [-0.05, 0) is 37.9 Å². The molecule has 0 radical (unpaired) electrons. The fourth-order valence-electron chi connectivity index (χ4n) is 0.777. The minimum absolute atomic E-state index is 0.104. The Kier molecular flexibility index (Phi) is 6.62. The summed E-state index contributed by atoms with van der Waals surface area (Å²) < 4.78 is 0. The molecule has 0 fully saturated rings. The molecule has 14 heavy (non-hydrogen) atoms. The minimum atomic E-state index is -0.552. The summed E-state index contributed by atoms with van der Waals surface area (Å²) in [4.78, 5) is 11.2. The molecule has 0 aliphatic carbocycles. The van der Waals surface area contributed by atoms with Crippen molar-refractivity contribution in [3.63, 3.8) is 0 Å². The van der Waals surface area contributed by atoms with Crippen LogP contribution in [0, 0.1) is 5.21 Å². The molecule has 0 bridgehead atoms. The Morgan fingerprint density at radius 3 is 2.79 bits per heavy atom. The lowest BCUT2D eigenvalue weighted by atomic mass is 10.2. The summed E-state index contributed by atoms with van der Waals surface area (Å²) in [5, 5.41) is 14.6. The predicted molar refractivity (Wildman–Crippen MR) is 54.9 cm³/mol. The average Bonchev–Trinajstić information content (AvgIpc) is 2.12. The lowest BCUT2D eigenvalue weighted by Gasteiger charge is -1.98. The molecule has 0 N–H and O–H groups in total. The fraction of sp³-hybridized carbons (Fsp3) is 0.700. The summed E-state index contributed by atoms with van der Waals surface area (Å²) >= 11 is 0. The molecule has 0 saturated heterocycles. The Hall–Kier alpha value is -1.19. The van der Waals surface area contributed by atoms with Gasteiger partial charge in [-0.25, -0.2) is 0 Å². The number of hydrogen-bond donors (Lipinski definition) is 0. The van der Waals surface area contributed by atoms with Gasteiger partial charge >= 0.3 is 0 Å². The number of hydrogen-bond acceptors (Lipinski definition) is 3. The summed E-state index contributed by atoms with van der Waals surface area (Å²) in [5.41, 5.74) is 0. The molecule has 0 aromatic heterocycles. The van der Waals surface area contributed by atoms with E-state index in [-0.39, 0.29) is 5.78 Å². The van der Waals surface area contributed by atoms with Crippen molar-refractivity contribution in [1.82, 2.24) is 0 Å². The maximum atomic E-state index is 11.0. The molecule has 0 saturated carbocycles. The zero-order chi connectivity index (χ0) is 11.0. The lowest BCUT2D eigenvalue weighted by molar-refractivity contribution is -0.461. The van der Waals surface area contributed by atoms with Gasteiger partial charge in [-0.3, -0.25) is 4.79 Å². The van der Waals surface area contributed by atoms with E-state index >= 15 is 0 Å². The SMILES string of the molecule is CCCC/C=C/[N+]([O-])=NC(C)C(C)=O. The van der Waals surface area contributed by atoms with Gasteiger partial charge in [0.15, 0.2) is 11.8 Å². The van der Waals surface area contributed by atoms with Crippen molar-refractivity contribution in [2.24, 2.45) is 5.11 Å². The van der Waals surface area contributed by atoms with Crippen LogP contribution in [0.4, 0.5) is 0 Å². The number of hydroxylamine groups is 1. The molecule has 0 aliphatic heterocycles. The van der Waals surface area contributed by atoms with Crippen molar-refractivity contribution in [2.75, 3.05) is 0 Å². The highest BCUT2D eigenvalue weighted by Gasteiger charge is 2.08. The van der Waals surface area contributed by atoms with E-state index in [4.69, 9.17) is 0 Å². The van der Waals surface area contributed by atoms with E-state index in [1.54, 1.807) is 13.0 Å². The predicted octanol–water partition coefficient (Wildman–Crippen LogP) is 2.63. The number of azo groups is 1. The third-order valence-electron chi connectivity index (χ3n) is 1.83. The molecular weight excluding hydrogens is 180 g/mol. The number of carbonyl (C=O) groups excluding carboxylic acids is 1. The topological polar surface area (TPSA) is 55.5 Å². The number of allylic oxidation sites excluding steroid dienone is 1. The Balaban J connectivity index is 3.99. The van der Waals surface area contributed by atoms with Crippen LogP contribution in [0.1, 0.15) is 40.0 Å². The Morgan fingerprint density at radius 2 is 2.29 bits per heavy atom. The first kappa shape index (κ1) is 12.8. The molecule has 1 atom stereocenters. The van der Waals surface area contributed by atoms with Crippen molar-refractivity contribution in [1.29, 1.82) is 0 Å². The van der Waals surface area contributed by atoms with Gasteiger partial charge < -0.3 is 5.21 Å². The third-order valence-corrected chi connectivity index (χ3v) is 1.83. The molecule has 0 aromatic rings. The molecular formula is C10H18N2O2. The smallest absolute Gasteiger partial charge is 0.205 e. The maximum absolute atomic E-state index is 11.0. The van der Waals surface area contributed by atoms with Crippen LogP contribution in [0.2, 0.25) is 0 Å². The first-order chi connectivity index (χ1) is 6.57. The molecule has 0 heterocycles. The Labute approximate surface area is 84.9 Å². The van der Waals surface area contributed by atoms with Crippen LogP contribution >= 0.6 is 0 Å². The van der Waals surface area contributed by atoms with Crippen LogP contribution in [-0.4, -0.2) is 16.7 Å². The first-order valence-corrected chi connectivity index (χ1v) is 4.92. The first-order valence-electron chi connectivity index (χ1n) is 4.92. The second-order valence-electron chi connectivity index (χ2n) is 3.23. The molecule has 0 aromatic carbocycles. The van der Waals surface area contributed by atoms with E-state index in [0.717, 1.165) is 19.3 Å². The summed E-state index contributed by atoms with van der Waals surface area (Å²) in [7, 11) is 0. The monoisotopic (exact) mass is 198 g/mol. The maximum Gasteiger partial charge on any atom is 0.205 e. The third kappa shape index (κ3) is 6.34. The van der Waals surface area contributed by atoms with Crippen LogP contribution in [-0.2, 0) is 4.79 Å². The van der Waals surface area contributed by atoms with E-state index < -0.39 is 6.04 Å². The molecule has 4 nitrogen and oxygen atoms in total. The van der Waals surface area contributed by atoms with E-state index in [2.05, 4.69) is 12.0 Å². The largest absolute Gasteiger partial charge is 0.595 e. The van der Waals surface area contributed by atoms with Crippen LogP contribution in [0.25, 0.3) is 0 Å². The number of rotatable bonds is 6. The van der Waals surface area contributed by atoms with Gasteiger partial charge in [-0.1, -0.05) is 18.2 Å². The molecule has 1 unspecified atom stereocenters. The van der Waals surface area contributed by atoms with Crippen molar-refractivity contribution in [3.05, 3.63) is 17.5 Å². The van der Waals surface area contributed by atoms with Gasteiger partial charge in [0.2, 0.25) is 6.20 Å². The summed E-state index contributed by atoms with van der Waals surface area (Å²) in [5.74, 6) is -0.104. The van der Waals surface area contributed by atoms with Crippen LogP contribution in [0.3, 0.4) is 0 Å². The van der Waals surface area contributed by atoms with Crippen LogP contribution < -0.4 is 0 Å². The van der Waals surface area contributed by atoms with E-state index in [9.17, 15) is 10.0 Å². The molecule has 80 valence electrons. The van der Waals surface area contributed by atoms with E-state index in [0.29, 0.717) is 4.86 Å². The molecule has 0 aliphatic rings. The van der Waals surface area contributed by atoms with Crippen molar-refractivity contribution in [3.8, 4) is 0 Å². The normalized spacial score (nSPS) is 14.6. The Morgan fingerprint density at radius 1 is 1.64 bits per heavy atom. The van der Waals surface area contributed by atoms with Gasteiger partial charge in [0.25, 0.3) is 0 Å². The highest BCUT2D eigenvalue weighted by atomic mass is 16.5. The van der Waals surface area contributed by atoms with Crippen molar-refractivity contribution in [2.45, 2.75) is 46.1 Å². The average molecular weight is 198 g/mol. The zero-order valence-electron chi connectivity index (χ0n) is 9.06. The van der Waals surface area contributed by atoms with Crippen LogP contribution in [0.5, 0.6) is 0 Å². The number of carbonyl (C=O) groups is 1. The van der Waals surface area contributed by atoms with Gasteiger partial charge in [0.1, 0.15) is 0 Å². The van der Waals surface area contributed by atoms with Gasteiger partial charge in [-0.2, -0.15) is 0 Å². The zero-order valence-corrected chi connectivity index (χ0v) is 9.06. The van der Waals surface area contributed by atoms with Crippen LogP contribution in [0.15, 0.2) is 17.4 Å². The van der Waals surface area contributed by atoms with E-state index in [1.807, 2.05) is 0 Å². The molecule has 0 spiro atoms. The standard InChI is InChI=1S/C10H18N2O2/c1-4-5-6-7-8-12(14)11-9(2)10(3)13/h7-9H,4-6H2,1-3H3/b8-7+,12-11?. The van der Waals surface area contributed by atoms with Crippen molar-refractivity contribution >= 4 is 5.78 Å². The number of ketones is 1. The number of nitrogens with zero attached hydrogens (tertiary/aromatic N) is 2. The highest BCUT2D eigenvalue weighted by molar-refractivity contribution is 5.80. The number of Topliss-reactive ketones (excluding diaryl/α,β-unsaturated/α-hetero) is 1. The minimum Gasteiger partial charge on any atom is -0.595 e. The second kappa shape index (κ2) is 7.24. The van der Waals surface area contributed by atoms with Gasteiger partial charge in [0.05, 0.1) is 0 Å². The lowest BCUT2D eigenvalue weighted by Crippen LogP contribution is -2.12. The molecule has 4 heteroatoms. The quantitative estimate of drug-likeness (QED) is 0.285. The molecule has 0 amide bonds. The summed E-state index contributed by atoms with van der Waals surface area (Å²) in [6.45, 7) is 5.11. The van der Waals surface area contributed by atoms with Gasteiger partial charge in [-0.15, -0.1) is 0 Å². The molecule has 0 rings (SSSR count). The van der Waals surface area contributed by atoms with Gasteiger partial charge in [0, 0.05) is 0 Å². The van der Waals surface area contributed by atoms with E-state index in [1.165, 1.54) is 13.1 Å². The summed E-state index contributed by atoms with van der Waals surface area (Å²) in [6.07, 6.45) is 6.16. The second-order valence-corrected chi connectivity index (χ2v) is 3.23. The fourth-order valence-corrected chi connectivity index (χ4v) is 0.777. The highest BCUT2D eigenvalue weighted by Crippen LogP contribution is 1.96. The summed E-state index contributed by atoms with van der Waals surface area (Å²) in [6, 6.07) is -0.552. The number of unbranched alkanes of at least 4 members (excludes halogenated alkanes) is 2. The van der Waals surface area contributed by atoms with Crippen molar-refractivity contribution < 1.29 is 9.66 Å². The Bertz CT molecular complexity index is 234.